The lowest BCUT2D eigenvalue weighted by Crippen LogP contribution is -1.86. The molecule has 1 atom stereocenters. The summed E-state index contributed by atoms with van der Waals surface area (Å²) in [5.74, 6) is 1.95. The van der Waals surface area contributed by atoms with Crippen LogP contribution in [0.2, 0.25) is 0 Å². The Morgan fingerprint density at radius 3 is 2.83 bits per heavy atom. The van der Waals surface area contributed by atoms with Gasteiger partial charge in [0.1, 0.15) is 12.6 Å². The van der Waals surface area contributed by atoms with E-state index >= 15 is 0 Å². The maximum absolute atomic E-state index is 4.49. The van der Waals surface area contributed by atoms with Crippen molar-refractivity contribution in [3.8, 4) is 0 Å². The molecule has 0 bridgehead atoms. The zero-order valence-electron chi connectivity index (χ0n) is 3.18. The molecule has 0 saturated heterocycles. The van der Waals surface area contributed by atoms with Gasteiger partial charge in [-0.3, -0.25) is 0 Å². The molecule has 1 aliphatic rings. The summed E-state index contributed by atoms with van der Waals surface area (Å²) in [6.45, 7) is 0. The fourth-order valence-corrected chi connectivity index (χ4v) is 0.615. The molecule has 0 aromatic carbocycles. The Bertz CT molecular complexity index is 53.8. The molecule has 0 amide bonds. The van der Waals surface area contributed by atoms with Crippen LogP contribution in [0.4, 0.5) is 0 Å². The van der Waals surface area contributed by atoms with Crippen LogP contribution in [0.5, 0.6) is 0 Å². The molecule has 0 aromatic heterocycles. The highest BCUT2D eigenvalue weighted by Gasteiger charge is 1.86. The quantitative estimate of drug-likeness (QED) is 0.338. The lowest BCUT2D eigenvalue weighted by atomic mass is 11.2. The van der Waals surface area contributed by atoms with Gasteiger partial charge < -0.3 is 4.89 Å². The Morgan fingerprint density at radius 2 is 2.67 bits per heavy atom. The van der Waals surface area contributed by atoms with Crippen molar-refractivity contribution in [1.29, 1.82) is 0 Å². The fraction of sp³-hybridized carbons (Fsp3) is 0.333. The zero-order valence-corrected chi connectivity index (χ0v) is 4.18. The van der Waals surface area contributed by atoms with Crippen molar-refractivity contribution in [3.63, 3.8) is 0 Å². The largest absolute Gasteiger partial charge is 0.345 e. The highest BCUT2D eigenvalue weighted by molar-refractivity contribution is 7.41. The highest BCUT2D eigenvalue weighted by Crippen LogP contribution is 2.15. The van der Waals surface area contributed by atoms with Gasteiger partial charge in [0.15, 0.2) is 0 Å². The van der Waals surface area contributed by atoms with Crippen LogP contribution in [0.15, 0.2) is 12.1 Å². The van der Waals surface area contributed by atoms with Gasteiger partial charge in [-0.15, -0.1) is 0 Å². The van der Waals surface area contributed by atoms with Crippen molar-refractivity contribution in [2.24, 2.45) is 0 Å². The number of hydrogen-bond acceptors (Lipinski definition) is 2. The van der Waals surface area contributed by atoms with Gasteiger partial charge in [-0.05, 0) is 5.82 Å². The van der Waals surface area contributed by atoms with E-state index in [0.29, 0.717) is 0 Å². The smallest absolute Gasteiger partial charge is 0.129 e. The Labute approximate surface area is 37.8 Å². The summed E-state index contributed by atoms with van der Waals surface area (Å²) in [4.78, 5) is 8.89. The van der Waals surface area contributed by atoms with E-state index in [9.17, 15) is 0 Å². The van der Waals surface area contributed by atoms with Crippen molar-refractivity contribution in [2.75, 3.05) is 6.35 Å². The van der Waals surface area contributed by atoms with Gasteiger partial charge >= 0.3 is 0 Å². The second-order valence-electron chi connectivity index (χ2n) is 0.865. The topological polar surface area (TPSA) is 18.5 Å². The van der Waals surface area contributed by atoms with E-state index < -0.39 is 0 Å². The molecule has 1 rings (SSSR count). The van der Waals surface area contributed by atoms with Crippen LogP contribution >= 0.6 is 8.58 Å². The van der Waals surface area contributed by atoms with Crippen LogP contribution in [0.3, 0.4) is 0 Å². The second kappa shape index (κ2) is 2.17. The van der Waals surface area contributed by atoms with Crippen molar-refractivity contribution < 1.29 is 9.78 Å². The van der Waals surface area contributed by atoms with E-state index in [1.807, 2.05) is 5.82 Å². The molecule has 0 fully saturated rings. The third-order valence-corrected chi connectivity index (χ3v) is 1.11. The average Bonchev–Trinajstić information content (AvgIpc) is 1.72. The van der Waals surface area contributed by atoms with Crippen LogP contribution in [-0.2, 0) is 9.78 Å². The van der Waals surface area contributed by atoms with E-state index in [0.717, 1.165) is 14.9 Å². The van der Waals surface area contributed by atoms with E-state index in [1.54, 1.807) is 6.26 Å². The first-order chi connectivity index (χ1) is 3.00. The van der Waals surface area contributed by atoms with Gasteiger partial charge in [0.2, 0.25) is 0 Å². The van der Waals surface area contributed by atoms with E-state index in [1.165, 1.54) is 0 Å². The molecule has 34 valence electrons. The van der Waals surface area contributed by atoms with Crippen molar-refractivity contribution in [3.05, 3.63) is 12.1 Å². The van der Waals surface area contributed by atoms with Crippen LogP contribution in [0.1, 0.15) is 0 Å². The molecule has 1 heterocycles. The Hall–Kier alpha value is -0.0700. The molecule has 2 nitrogen and oxygen atoms in total. The van der Waals surface area contributed by atoms with Gasteiger partial charge in [0.25, 0.3) is 0 Å². The van der Waals surface area contributed by atoms with Crippen molar-refractivity contribution in [1.82, 2.24) is 0 Å². The zero-order chi connectivity index (χ0) is 4.24. The van der Waals surface area contributed by atoms with Gasteiger partial charge in [-0.2, -0.15) is 4.89 Å². The first-order valence-electron chi connectivity index (χ1n) is 1.67. The lowest BCUT2D eigenvalue weighted by Gasteiger charge is -2.01. The Balaban J connectivity index is 2.26. The van der Waals surface area contributed by atoms with Gasteiger partial charge in [-0.1, -0.05) is 8.58 Å². The summed E-state index contributed by atoms with van der Waals surface area (Å²) in [7, 11) is 0.774. The minimum atomic E-state index is 0.719. The predicted octanol–water partition coefficient (Wildman–Crippen LogP) is 1.06. The number of rotatable bonds is 0. The van der Waals surface area contributed by atoms with E-state index in [2.05, 4.69) is 9.78 Å². The first kappa shape index (κ1) is 4.10. The second-order valence-corrected chi connectivity index (χ2v) is 1.90. The minimum Gasteiger partial charge on any atom is -0.345 e. The number of hydrogen-bond donors (Lipinski definition) is 0. The average molecular weight is 104 g/mol. The van der Waals surface area contributed by atoms with Gasteiger partial charge in [0.05, 0.1) is 0 Å². The SMILES string of the molecule is C1=CPCOO1. The lowest BCUT2D eigenvalue weighted by molar-refractivity contribution is -0.232. The van der Waals surface area contributed by atoms with Gasteiger partial charge in [0, 0.05) is 0 Å². The summed E-state index contributed by atoms with van der Waals surface area (Å²) < 4.78 is 0. The summed E-state index contributed by atoms with van der Waals surface area (Å²) in [6.07, 6.45) is 2.28. The normalized spacial score (nSPS) is 24.0. The summed E-state index contributed by atoms with van der Waals surface area (Å²) in [5.41, 5.74) is 0. The van der Waals surface area contributed by atoms with Gasteiger partial charge in [-0.25, -0.2) is 0 Å². The Kier molecular flexibility index (Phi) is 1.48. The third-order valence-electron chi connectivity index (χ3n) is 0.452. The predicted molar refractivity (Wildman–Crippen MR) is 24.5 cm³/mol. The van der Waals surface area contributed by atoms with Crippen LogP contribution < -0.4 is 0 Å². The maximum Gasteiger partial charge on any atom is 0.129 e. The summed E-state index contributed by atoms with van der Waals surface area (Å²) in [5, 5.41) is 0. The molecule has 1 unspecified atom stereocenters. The molecule has 0 spiro atoms. The molecule has 0 N–H and O–H groups in total. The fourth-order valence-electron chi connectivity index (χ4n) is 0.231. The van der Waals surface area contributed by atoms with E-state index in [-0.39, 0.29) is 0 Å². The highest BCUT2D eigenvalue weighted by atomic mass is 31.1. The first-order valence-corrected chi connectivity index (χ1v) is 2.95. The third kappa shape index (κ3) is 0.959. The monoisotopic (exact) mass is 104 g/mol. The summed E-state index contributed by atoms with van der Waals surface area (Å²) >= 11 is 0. The van der Waals surface area contributed by atoms with Crippen LogP contribution in [-0.4, -0.2) is 6.35 Å². The summed E-state index contributed by atoms with van der Waals surface area (Å²) in [6, 6.07) is 0. The molecular weight excluding hydrogens is 99.0 g/mol. The molecule has 0 radical (unpaired) electrons. The van der Waals surface area contributed by atoms with Crippen molar-refractivity contribution >= 4 is 8.58 Å². The molecule has 0 saturated carbocycles. The maximum atomic E-state index is 4.49. The molecule has 6 heavy (non-hydrogen) atoms. The standard InChI is InChI=1S/C3H5O2P/c1-2-6-3-5-4-1/h1-2,6H,3H2. The van der Waals surface area contributed by atoms with E-state index in [4.69, 9.17) is 0 Å². The van der Waals surface area contributed by atoms with Crippen molar-refractivity contribution in [2.45, 2.75) is 0 Å². The molecule has 3 heteroatoms. The van der Waals surface area contributed by atoms with Crippen LogP contribution in [0.25, 0.3) is 0 Å². The molecular formula is C3H5O2P. The molecule has 0 aliphatic carbocycles. The molecule has 1 aliphatic heterocycles. The molecule has 0 aromatic rings. The Morgan fingerprint density at radius 1 is 1.67 bits per heavy atom. The minimum absolute atomic E-state index is 0.719. The van der Waals surface area contributed by atoms with Crippen LogP contribution in [0, 0.1) is 0 Å².